The Morgan fingerprint density at radius 3 is 2.48 bits per heavy atom. The van der Waals surface area contributed by atoms with Crippen molar-refractivity contribution in [1.82, 2.24) is 0 Å². The topological polar surface area (TPSA) is 62.1 Å². The molecule has 0 radical (unpaired) electrons. The lowest BCUT2D eigenvalue weighted by Crippen LogP contribution is -2.13. The number of anilines is 1. The molecular formula is C23H14Cl3IN2O2. The Labute approximate surface area is 208 Å². The van der Waals surface area contributed by atoms with Crippen molar-refractivity contribution in [2.45, 2.75) is 6.61 Å². The first-order valence-corrected chi connectivity index (χ1v) is 11.1. The minimum Gasteiger partial charge on any atom is -0.488 e. The number of nitrogens with zero attached hydrogens (tertiary/aromatic N) is 1. The van der Waals surface area contributed by atoms with Crippen LogP contribution in [0.25, 0.3) is 6.08 Å². The zero-order valence-electron chi connectivity index (χ0n) is 15.8. The molecule has 31 heavy (non-hydrogen) atoms. The third-order valence-corrected chi connectivity index (χ3v) is 6.10. The molecule has 0 aliphatic carbocycles. The van der Waals surface area contributed by atoms with Gasteiger partial charge in [-0.1, -0.05) is 59.1 Å². The highest BCUT2D eigenvalue weighted by atomic mass is 127. The van der Waals surface area contributed by atoms with Crippen molar-refractivity contribution in [3.05, 3.63) is 96.0 Å². The lowest BCUT2D eigenvalue weighted by molar-refractivity contribution is -0.112. The molecule has 1 N–H and O–H groups in total. The van der Waals surface area contributed by atoms with Crippen LogP contribution in [0.1, 0.15) is 11.1 Å². The minimum absolute atomic E-state index is 0.0494. The van der Waals surface area contributed by atoms with Gasteiger partial charge in [-0.3, -0.25) is 4.79 Å². The molecule has 1 amide bonds. The lowest BCUT2D eigenvalue weighted by atomic mass is 10.1. The summed E-state index contributed by atoms with van der Waals surface area (Å²) < 4.78 is 6.69. The Hall–Kier alpha value is -2.24. The zero-order chi connectivity index (χ0) is 22.4. The number of carbonyl (C=O) groups is 1. The van der Waals surface area contributed by atoms with E-state index >= 15 is 0 Å². The van der Waals surface area contributed by atoms with Crippen molar-refractivity contribution in [3.63, 3.8) is 0 Å². The number of ether oxygens (including phenoxy) is 1. The highest BCUT2D eigenvalue weighted by Gasteiger charge is 2.12. The quantitative estimate of drug-likeness (QED) is 0.187. The maximum atomic E-state index is 12.5. The molecule has 4 nitrogen and oxygen atoms in total. The zero-order valence-corrected chi connectivity index (χ0v) is 20.3. The van der Waals surface area contributed by atoms with Crippen molar-refractivity contribution in [2.24, 2.45) is 0 Å². The predicted molar refractivity (Wildman–Crippen MR) is 134 cm³/mol. The third kappa shape index (κ3) is 6.37. The number of amides is 1. The van der Waals surface area contributed by atoms with E-state index in [0.29, 0.717) is 38.7 Å². The summed E-state index contributed by atoms with van der Waals surface area (Å²) in [4.78, 5) is 12.5. The van der Waals surface area contributed by atoms with E-state index < -0.39 is 5.91 Å². The van der Waals surface area contributed by atoms with Crippen molar-refractivity contribution in [1.29, 1.82) is 5.26 Å². The lowest BCUT2D eigenvalue weighted by Gasteiger charge is -2.10. The predicted octanol–water partition coefficient (Wildman–Crippen LogP) is 7.38. The number of nitriles is 1. The van der Waals surface area contributed by atoms with Crippen molar-refractivity contribution < 1.29 is 9.53 Å². The summed E-state index contributed by atoms with van der Waals surface area (Å²) in [5, 5.41) is 13.4. The summed E-state index contributed by atoms with van der Waals surface area (Å²) in [6.07, 6.45) is 1.51. The molecule has 0 aliphatic rings. The standard InChI is InChI=1S/C23H14Cl3IN2O2/c24-18-4-2-1-3-15(18)13-31-22-8-5-14(10-21(22)27)9-16(12-28)23(30)29-17-6-7-19(25)20(26)11-17/h1-11H,13H2,(H,29,30)/b16-9+. The van der Waals surface area contributed by atoms with Gasteiger partial charge in [-0.05, 0) is 70.6 Å². The molecular weight excluding hydrogens is 570 g/mol. The van der Waals surface area contributed by atoms with Gasteiger partial charge < -0.3 is 10.1 Å². The van der Waals surface area contributed by atoms with E-state index in [0.717, 1.165) is 9.13 Å². The number of halogens is 4. The number of hydrogen-bond acceptors (Lipinski definition) is 3. The second kappa shape index (κ2) is 10.9. The fraction of sp³-hybridized carbons (Fsp3) is 0.0435. The van der Waals surface area contributed by atoms with Gasteiger partial charge in [0.2, 0.25) is 0 Å². The van der Waals surface area contributed by atoms with Crippen molar-refractivity contribution in [2.75, 3.05) is 5.32 Å². The average molecular weight is 584 g/mol. The van der Waals surface area contributed by atoms with E-state index in [2.05, 4.69) is 27.9 Å². The molecule has 0 aliphatic heterocycles. The van der Waals surface area contributed by atoms with Crippen molar-refractivity contribution in [3.8, 4) is 11.8 Å². The maximum absolute atomic E-state index is 12.5. The number of carbonyl (C=O) groups excluding carboxylic acids is 1. The largest absolute Gasteiger partial charge is 0.488 e. The highest BCUT2D eigenvalue weighted by Crippen LogP contribution is 2.27. The molecule has 3 aromatic rings. The number of hydrogen-bond donors (Lipinski definition) is 1. The molecule has 0 atom stereocenters. The second-order valence-corrected chi connectivity index (χ2v) is 8.71. The van der Waals surface area contributed by atoms with Crippen LogP contribution in [-0.4, -0.2) is 5.91 Å². The van der Waals surface area contributed by atoms with Gasteiger partial charge in [-0.25, -0.2) is 0 Å². The summed E-state index contributed by atoms with van der Waals surface area (Å²) in [5.41, 5.74) is 1.97. The van der Waals surface area contributed by atoms with E-state index in [1.165, 1.54) is 12.1 Å². The first-order valence-electron chi connectivity index (χ1n) is 8.91. The molecule has 0 heterocycles. The van der Waals surface area contributed by atoms with Crippen LogP contribution in [0, 0.1) is 14.9 Å². The second-order valence-electron chi connectivity index (χ2n) is 6.32. The van der Waals surface area contributed by atoms with Gasteiger partial charge in [-0.15, -0.1) is 0 Å². The third-order valence-electron chi connectivity index (χ3n) is 4.15. The smallest absolute Gasteiger partial charge is 0.266 e. The van der Waals surface area contributed by atoms with Crippen LogP contribution in [0.4, 0.5) is 5.69 Å². The Balaban J connectivity index is 1.72. The van der Waals surface area contributed by atoms with Gasteiger partial charge >= 0.3 is 0 Å². The molecule has 0 bridgehead atoms. The summed E-state index contributed by atoms with van der Waals surface area (Å²) in [6.45, 7) is 0.334. The van der Waals surface area contributed by atoms with E-state index in [1.807, 2.05) is 36.4 Å². The molecule has 156 valence electrons. The number of benzene rings is 3. The van der Waals surface area contributed by atoms with E-state index in [1.54, 1.807) is 24.3 Å². The summed E-state index contributed by atoms with van der Waals surface area (Å²) >= 11 is 20.1. The van der Waals surface area contributed by atoms with Crippen LogP contribution >= 0.6 is 57.4 Å². The van der Waals surface area contributed by atoms with Crippen LogP contribution in [0.15, 0.2) is 66.2 Å². The first-order chi connectivity index (χ1) is 14.9. The van der Waals surface area contributed by atoms with Crippen LogP contribution in [0.5, 0.6) is 5.75 Å². The van der Waals surface area contributed by atoms with Gasteiger partial charge in [-0.2, -0.15) is 5.26 Å². The monoisotopic (exact) mass is 582 g/mol. The normalized spacial score (nSPS) is 11.0. The molecule has 0 fully saturated rings. The first kappa shape index (κ1) is 23.4. The Morgan fingerprint density at radius 2 is 1.81 bits per heavy atom. The maximum Gasteiger partial charge on any atom is 0.266 e. The highest BCUT2D eigenvalue weighted by molar-refractivity contribution is 14.1. The van der Waals surface area contributed by atoms with Gasteiger partial charge in [0.15, 0.2) is 0 Å². The van der Waals surface area contributed by atoms with E-state index in [-0.39, 0.29) is 5.57 Å². The Morgan fingerprint density at radius 1 is 1.03 bits per heavy atom. The van der Waals surface area contributed by atoms with Crippen LogP contribution in [0.2, 0.25) is 15.1 Å². The molecule has 3 aromatic carbocycles. The summed E-state index contributed by atoms with van der Waals surface area (Å²) in [7, 11) is 0. The Kier molecular flexibility index (Phi) is 8.22. The molecule has 0 spiro atoms. The minimum atomic E-state index is -0.546. The van der Waals surface area contributed by atoms with E-state index in [9.17, 15) is 10.1 Å². The Bertz CT molecular complexity index is 1210. The molecule has 0 saturated carbocycles. The number of nitrogens with one attached hydrogen (secondary N) is 1. The van der Waals surface area contributed by atoms with Crippen molar-refractivity contribution >= 4 is 75.1 Å². The van der Waals surface area contributed by atoms with Crippen LogP contribution in [0.3, 0.4) is 0 Å². The fourth-order valence-electron chi connectivity index (χ4n) is 2.58. The summed E-state index contributed by atoms with van der Waals surface area (Å²) in [6, 6.07) is 19.5. The van der Waals surface area contributed by atoms with Gasteiger partial charge in [0.05, 0.1) is 13.6 Å². The van der Waals surface area contributed by atoms with Gasteiger partial charge in [0.25, 0.3) is 5.91 Å². The molecule has 3 rings (SSSR count). The number of rotatable bonds is 6. The van der Waals surface area contributed by atoms with Gasteiger partial charge in [0, 0.05) is 16.3 Å². The average Bonchev–Trinajstić information content (AvgIpc) is 2.75. The SMILES string of the molecule is N#C/C(=C\c1ccc(OCc2ccccc2Cl)c(I)c1)C(=O)Nc1ccc(Cl)c(Cl)c1. The molecule has 0 saturated heterocycles. The fourth-order valence-corrected chi connectivity index (χ4v) is 3.77. The molecule has 8 heteroatoms. The van der Waals surface area contributed by atoms with Gasteiger partial charge in [0.1, 0.15) is 24.0 Å². The molecule has 0 unspecified atom stereocenters. The summed E-state index contributed by atoms with van der Waals surface area (Å²) in [5.74, 6) is 0.131. The molecule has 0 aromatic heterocycles. The van der Waals surface area contributed by atoms with Crippen LogP contribution in [-0.2, 0) is 11.4 Å². The van der Waals surface area contributed by atoms with E-state index in [4.69, 9.17) is 39.5 Å². The van der Waals surface area contributed by atoms with Crippen LogP contribution < -0.4 is 10.1 Å².